The largest absolute Gasteiger partial charge is 0.344 e. The number of carbonyl (C=O) groups excluding carboxylic acids is 5. The monoisotopic (exact) mass is 526 g/mol. The maximum Gasteiger partial charge on any atom is 0.289 e. The molecule has 0 radical (unpaired) electrons. The lowest BCUT2D eigenvalue weighted by atomic mass is 9.85. The molecule has 1 heterocycles. The Balaban J connectivity index is 2.03. The number of nitrogens with one attached hydrogen (secondary N) is 4. The van der Waals surface area contributed by atoms with Gasteiger partial charge in [0.1, 0.15) is 12.1 Å². The van der Waals surface area contributed by atoms with E-state index in [0.717, 1.165) is 0 Å². The molecule has 4 amide bonds. The first-order chi connectivity index (χ1) is 17.7. The van der Waals surface area contributed by atoms with E-state index in [1.165, 1.54) is 6.92 Å². The zero-order chi connectivity index (χ0) is 28.6. The maximum atomic E-state index is 13.1. The molecule has 0 aliphatic carbocycles. The summed E-state index contributed by atoms with van der Waals surface area (Å²) in [6.45, 7) is 10.4. The molecule has 0 aliphatic rings. The molecule has 3 atom stereocenters. The molecule has 1 aromatic carbocycles. The Hall–Kier alpha value is -4.02. The van der Waals surface area contributed by atoms with Gasteiger partial charge in [-0.05, 0) is 36.5 Å². The summed E-state index contributed by atoms with van der Waals surface area (Å²) in [6.07, 6.45) is 1.58. The van der Waals surface area contributed by atoms with E-state index < -0.39 is 53.0 Å². The van der Waals surface area contributed by atoms with Crippen molar-refractivity contribution in [3.8, 4) is 0 Å². The Labute approximate surface area is 223 Å². The molecule has 0 fully saturated rings. The maximum absolute atomic E-state index is 13.1. The minimum absolute atomic E-state index is 0.106. The van der Waals surface area contributed by atoms with E-state index in [1.807, 2.05) is 0 Å². The van der Waals surface area contributed by atoms with Crippen LogP contribution in [0.2, 0.25) is 0 Å². The van der Waals surface area contributed by atoms with Crippen LogP contribution in [-0.2, 0) is 32.8 Å². The summed E-state index contributed by atoms with van der Waals surface area (Å²) in [5.41, 5.74) is 0.452. The van der Waals surface area contributed by atoms with Crippen molar-refractivity contribution in [3.05, 3.63) is 53.9 Å². The van der Waals surface area contributed by atoms with Crippen molar-refractivity contribution >= 4 is 29.4 Å². The van der Waals surface area contributed by atoms with Gasteiger partial charge in [0, 0.05) is 18.8 Å². The zero-order valence-corrected chi connectivity index (χ0v) is 23.0. The van der Waals surface area contributed by atoms with Crippen molar-refractivity contribution in [1.29, 1.82) is 0 Å². The van der Waals surface area contributed by atoms with E-state index in [4.69, 9.17) is 0 Å². The van der Waals surface area contributed by atoms with Gasteiger partial charge in [0.05, 0.1) is 18.3 Å². The third-order valence-electron chi connectivity index (χ3n) is 6.01. The molecule has 0 saturated carbocycles. The van der Waals surface area contributed by atoms with Crippen molar-refractivity contribution in [1.82, 2.24) is 31.0 Å². The van der Waals surface area contributed by atoms with E-state index in [0.29, 0.717) is 11.3 Å². The molecule has 38 heavy (non-hydrogen) atoms. The number of hydrogen-bond acceptors (Lipinski definition) is 6. The molecular formula is C27H38N6O5. The highest BCUT2D eigenvalue weighted by atomic mass is 16.2. The number of rotatable bonds is 11. The number of nitrogens with zero attached hydrogens (tertiary/aromatic N) is 2. The van der Waals surface area contributed by atoms with E-state index in [2.05, 4.69) is 26.4 Å². The van der Waals surface area contributed by atoms with Crippen LogP contribution in [0, 0.1) is 11.3 Å². The highest BCUT2D eigenvalue weighted by molar-refractivity contribution is 6.38. The Morgan fingerprint density at radius 2 is 1.53 bits per heavy atom. The van der Waals surface area contributed by atoms with Gasteiger partial charge < -0.3 is 21.3 Å². The molecular weight excluding hydrogens is 488 g/mol. The summed E-state index contributed by atoms with van der Waals surface area (Å²) in [7, 11) is 1.72. The molecule has 11 heteroatoms. The lowest BCUT2D eigenvalue weighted by Crippen LogP contribution is -2.59. The standard InChI is InChI=1S/C27H38N6O5/c1-16(2)20(21(34)25(37)28-15-19-13-14-29-33(19)7)31-23(35)17(3)30-26(38)22(27(4,5)6)32-24(36)18-11-9-8-10-12-18/h8-14,16-17,20,22H,15H2,1-7H3,(H,28,37)(H,30,38)(H,31,35)(H,32,36). The van der Waals surface area contributed by atoms with Crippen LogP contribution in [0.3, 0.4) is 0 Å². The summed E-state index contributed by atoms with van der Waals surface area (Å²) < 4.78 is 1.57. The molecule has 206 valence electrons. The molecule has 0 saturated heterocycles. The number of hydrogen-bond donors (Lipinski definition) is 4. The van der Waals surface area contributed by atoms with Crippen LogP contribution in [0.5, 0.6) is 0 Å². The van der Waals surface area contributed by atoms with Crippen molar-refractivity contribution in [2.24, 2.45) is 18.4 Å². The van der Waals surface area contributed by atoms with Gasteiger partial charge in [-0.1, -0.05) is 52.8 Å². The smallest absolute Gasteiger partial charge is 0.289 e. The molecule has 2 aromatic rings. The average Bonchev–Trinajstić information content (AvgIpc) is 3.27. The van der Waals surface area contributed by atoms with Crippen molar-refractivity contribution in [2.45, 2.75) is 66.2 Å². The highest BCUT2D eigenvalue weighted by Crippen LogP contribution is 2.20. The Bertz CT molecular complexity index is 1150. The van der Waals surface area contributed by atoms with Gasteiger partial charge in [-0.25, -0.2) is 0 Å². The van der Waals surface area contributed by atoms with Gasteiger partial charge in [-0.15, -0.1) is 0 Å². The summed E-state index contributed by atoms with van der Waals surface area (Å²) in [5, 5.41) is 14.5. The topological polar surface area (TPSA) is 151 Å². The van der Waals surface area contributed by atoms with Crippen molar-refractivity contribution in [2.75, 3.05) is 0 Å². The minimum atomic E-state index is -1.09. The second kappa shape index (κ2) is 13.0. The highest BCUT2D eigenvalue weighted by Gasteiger charge is 2.35. The number of amides is 4. The van der Waals surface area contributed by atoms with E-state index in [1.54, 1.807) is 88.9 Å². The Kier molecular flexibility index (Phi) is 10.3. The molecule has 11 nitrogen and oxygen atoms in total. The average molecular weight is 527 g/mol. The van der Waals surface area contributed by atoms with Crippen LogP contribution < -0.4 is 21.3 Å². The third kappa shape index (κ3) is 8.25. The molecule has 4 N–H and O–H groups in total. The van der Waals surface area contributed by atoms with Crippen LogP contribution in [0.15, 0.2) is 42.6 Å². The number of carbonyl (C=O) groups is 5. The predicted octanol–water partition coefficient (Wildman–Crippen LogP) is 1.10. The summed E-state index contributed by atoms with van der Waals surface area (Å²) in [4.78, 5) is 64.0. The Morgan fingerprint density at radius 3 is 2.05 bits per heavy atom. The number of aryl methyl sites for hydroxylation is 1. The van der Waals surface area contributed by atoms with Gasteiger partial charge in [-0.3, -0.25) is 28.7 Å². The van der Waals surface area contributed by atoms with Crippen LogP contribution in [0.4, 0.5) is 0 Å². The van der Waals surface area contributed by atoms with Crippen LogP contribution in [0.1, 0.15) is 57.6 Å². The first-order valence-corrected chi connectivity index (χ1v) is 12.5. The van der Waals surface area contributed by atoms with Gasteiger partial charge in [0.15, 0.2) is 0 Å². The summed E-state index contributed by atoms with van der Waals surface area (Å²) >= 11 is 0. The minimum Gasteiger partial charge on any atom is -0.344 e. The first kappa shape index (κ1) is 30.2. The second-order valence-electron chi connectivity index (χ2n) is 10.6. The molecule has 1 aromatic heterocycles. The fourth-order valence-electron chi connectivity index (χ4n) is 3.63. The lowest BCUT2D eigenvalue weighted by Gasteiger charge is -2.31. The van der Waals surface area contributed by atoms with Crippen LogP contribution >= 0.6 is 0 Å². The zero-order valence-electron chi connectivity index (χ0n) is 23.0. The second-order valence-corrected chi connectivity index (χ2v) is 10.6. The quantitative estimate of drug-likeness (QED) is 0.322. The third-order valence-corrected chi connectivity index (χ3v) is 6.01. The molecule has 0 bridgehead atoms. The van der Waals surface area contributed by atoms with E-state index >= 15 is 0 Å². The normalized spacial score (nSPS) is 13.7. The number of aromatic nitrogens is 2. The van der Waals surface area contributed by atoms with Gasteiger partial charge in [-0.2, -0.15) is 5.10 Å². The van der Waals surface area contributed by atoms with Crippen molar-refractivity contribution < 1.29 is 24.0 Å². The number of Topliss-reactive ketones (excluding diaryl/α,β-unsaturated/α-hetero) is 1. The number of benzene rings is 1. The van der Waals surface area contributed by atoms with E-state index in [-0.39, 0.29) is 12.5 Å². The molecule has 2 rings (SSSR count). The SMILES string of the molecule is CC(NC(=O)C(NC(=O)c1ccccc1)C(C)(C)C)C(=O)NC(C(=O)C(=O)NCc1ccnn1C)C(C)C. The van der Waals surface area contributed by atoms with Crippen LogP contribution in [0.25, 0.3) is 0 Å². The summed E-state index contributed by atoms with van der Waals surface area (Å²) in [5.74, 6) is -3.61. The lowest BCUT2D eigenvalue weighted by molar-refractivity contribution is -0.141. The van der Waals surface area contributed by atoms with E-state index in [9.17, 15) is 24.0 Å². The first-order valence-electron chi connectivity index (χ1n) is 12.5. The van der Waals surface area contributed by atoms with Crippen molar-refractivity contribution in [3.63, 3.8) is 0 Å². The fraction of sp³-hybridized carbons (Fsp3) is 0.481. The predicted molar refractivity (Wildman–Crippen MR) is 142 cm³/mol. The molecule has 0 aliphatic heterocycles. The van der Waals surface area contributed by atoms with Crippen LogP contribution in [-0.4, -0.2) is 57.3 Å². The van der Waals surface area contributed by atoms with Gasteiger partial charge in [0.2, 0.25) is 17.6 Å². The van der Waals surface area contributed by atoms with Gasteiger partial charge in [0.25, 0.3) is 11.8 Å². The molecule has 0 spiro atoms. The fourth-order valence-corrected chi connectivity index (χ4v) is 3.63. The molecule has 3 unspecified atom stereocenters. The van der Waals surface area contributed by atoms with Gasteiger partial charge >= 0.3 is 0 Å². The Morgan fingerprint density at radius 1 is 0.895 bits per heavy atom. The number of ketones is 1. The summed E-state index contributed by atoms with van der Waals surface area (Å²) in [6, 6.07) is 7.15.